The molecule has 1 heterocycles. The Hall–Kier alpha value is -1.49. The van der Waals surface area contributed by atoms with Crippen LogP contribution in [0.3, 0.4) is 0 Å². The molecule has 0 aliphatic carbocycles. The van der Waals surface area contributed by atoms with Crippen molar-refractivity contribution in [2.75, 3.05) is 12.0 Å². The first kappa shape index (κ1) is 13.0. The Morgan fingerprint density at radius 3 is 2.72 bits per heavy atom. The maximum atomic E-state index is 12.1. The number of nitrogens with zero attached hydrogens (tertiary/aromatic N) is 1. The van der Waals surface area contributed by atoms with Crippen molar-refractivity contribution in [2.45, 2.75) is 20.8 Å². The van der Waals surface area contributed by atoms with Gasteiger partial charge in [-0.05, 0) is 38.0 Å². The number of amides is 2. The SMILES string of the molecule is CC1=CN(C(=O)Nc2c(C)ccc(Br)c2C)CO1. The molecule has 1 aromatic carbocycles. The van der Waals surface area contributed by atoms with E-state index in [1.54, 1.807) is 6.20 Å². The highest BCUT2D eigenvalue weighted by atomic mass is 79.9. The topological polar surface area (TPSA) is 41.6 Å². The third-order valence-corrected chi connectivity index (χ3v) is 3.73. The van der Waals surface area contributed by atoms with E-state index in [0.717, 1.165) is 27.0 Å². The number of carbonyl (C=O) groups is 1. The van der Waals surface area contributed by atoms with E-state index in [1.807, 2.05) is 32.9 Å². The highest BCUT2D eigenvalue weighted by Gasteiger charge is 2.19. The second kappa shape index (κ2) is 5.02. The average molecular weight is 311 g/mol. The molecule has 0 saturated carbocycles. The van der Waals surface area contributed by atoms with Gasteiger partial charge in [0.1, 0.15) is 5.76 Å². The number of hydrogen-bond donors (Lipinski definition) is 1. The maximum Gasteiger partial charge on any atom is 0.328 e. The van der Waals surface area contributed by atoms with Gasteiger partial charge in [-0.15, -0.1) is 0 Å². The highest BCUT2D eigenvalue weighted by Crippen LogP contribution is 2.27. The number of rotatable bonds is 1. The van der Waals surface area contributed by atoms with Crippen LogP contribution in [0.4, 0.5) is 10.5 Å². The van der Waals surface area contributed by atoms with E-state index < -0.39 is 0 Å². The summed E-state index contributed by atoms with van der Waals surface area (Å²) in [4.78, 5) is 13.6. The second-order valence-electron chi connectivity index (χ2n) is 4.28. The van der Waals surface area contributed by atoms with Gasteiger partial charge in [0.05, 0.1) is 0 Å². The molecular formula is C13H15BrN2O2. The monoisotopic (exact) mass is 310 g/mol. The van der Waals surface area contributed by atoms with Crippen molar-refractivity contribution >= 4 is 27.6 Å². The summed E-state index contributed by atoms with van der Waals surface area (Å²) >= 11 is 3.46. The first-order chi connectivity index (χ1) is 8.49. The Labute approximate surface area is 115 Å². The van der Waals surface area contributed by atoms with Crippen molar-refractivity contribution < 1.29 is 9.53 Å². The molecule has 0 fully saturated rings. The third kappa shape index (κ3) is 2.51. The van der Waals surface area contributed by atoms with Gasteiger partial charge >= 0.3 is 6.03 Å². The lowest BCUT2D eigenvalue weighted by molar-refractivity contribution is 0.161. The standard InChI is InChI=1S/C13H15BrN2O2/c1-8-4-5-11(14)10(3)12(8)15-13(17)16-6-9(2)18-7-16/h4-6H,7H2,1-3H3,(H,15,17). The van der Waals surface area contributed by atoms with Crippen LogP contribution in [-0.2, 0) is 4.74 Å². The largest absolute Gasteiger partial charge is 0.476 e. The van der Waals surface area contributed by atoms with E-state index in [4.69, 9.17) is 4.74 Å². The van der Waals surface area contributed by atoms with Crippen molar-refractivity contribution in [2.24, 2.45) is 0 Å². The summed E-state index contributed by atoms with van der Waals surface area (Å²) in [7, 11) is 0. The van der Waals surface area contributed by atoms with Crippen molar-refractivity contribution in [3.8, 4) is 0 Å². The smallest absolute Gasteiger partial charge is 0.328 e. The summed E-state index contributed by atoms with van der Waals surface area (Å²) < 4.78 is 6.20. The van der Waals surface area contributed by atoms with Crippen molar-refractivity contribution in [3.63, 3.8) is 0 Å². The molecule has 5 heteroatoms. The molecule has 4 nitrogen and oxygen atoms in total. The number of urea groups is 1. The number of aryl methyl sites for hydroxylation is 1. The van der Waals surface area contributed by atoms with Gasteiger partial charge in [0, 0.05) is 16.4 Å². The van der Waals surface area contributed by atoms with Crippen LogP contribution in [0.1, 0.15) is 18.1 Å². The lowest BCUT2D eigenvalue weighted by Crippen LogP contribution is -2.29. The molecule has 96 valence electrons. The first-order valence-corrected chi connectivity index (χ1v) is 6.43. The highest BCUT2D eigenvalue weighted by molar-refractivity contribution is 9.10. The molecule has 2 amide bonds. The van der Waals surface area contributed by atoms with E-state index in [2.05, 4.69) is 21.2 Å². The fourth-order valence-electron chi connectivity index (χ4n) is 1.78. The zero-order chi connectivity index (χ0) is 13.3. The van der Waals surface area contributed by atoms with Gasteiger partial charge in [-0.2, -0.15) is 0 Å². The molecular weight excluding hydrogens is 296 g/mol. The molecule has 1 N–H and O–H groups in total. The molecule has 0 radical (unpaired) electrons. The number of halogens is 1. The molecule has 0 bridgehead atoms. The number of allylic oxidation sites excluding steroid dienone is 1. The molecule has 0 aromatic heterocycles. The molecule has 1 aromatic rings. The van der Waals surface area contributed by atoms with Crippen LogP contribution >= 0.6 is 15.9 Å². The lowest BCUT2D eigenvalue weighted by Gasteiger charge is -2.17. The molecule has 0 saturated heterocycles. The third-order valence-electron chi connectivity index (χ3n) is 2.87. The molecule has 0 unspecified atom stereocenters. The Morgan fingerprint density at radius 1 is 1.39 bits per heavy atom. The summed E-state index contributed by atoms with van der Waals surface area (Å²) in [5.74, 6) is 0.743. The lowest BCUT2D eigenvalue weighted by atomic mass is 10.1. The molecule has 0 atom stereocenters. The minimum absolute atomic E-state index is 0.184. The second-order valence-corrected chi connectivity index (χ2v) is 5.13. The fourth-order valence-corrected chi connectivity index (χ4v) is 2.11. The number of nitrogens with one attached hydrogen (secondary N) is 1. The fraction of sp³-hybridized carbons (Fsp3) is 0.308. The van der Waals surface area contributed by atoms with E-state index in [1.165, 1.54) is 4.90 Å². The van der Waals surface area contributed by atoms with Gasteiger partial charge in [-0.3, -0.25) is 4.90 Å². The van der Waals surface area contributed by atoms with Crippen LogP contribution in [0.5, 0.6) is 0 Å². The van der Waals surface area contributed by atoms with Gasteiger partial charge in [-0.1, -0.05) is 22.0 Å². The van der Waals surface area contributed by atoms with E-state index in [9.17, 15) is 4.79 Å². The van der Waals surface area contributed by atoms with Gasteiger partial charge in [0.2, 0.25) is 0 Å². The Kier molecular flexibility index (Phi) is 3.61. The predicted molar refractivity (Wildman–Crippen MR) is 74.2 cm³/mol. The number of carbonyl (C=O) groups excluding carboxylic acids is 1. The van der Waals surface area contributed by atoms with Gasteiger partial charge in [0.25, 0.3) is 0 Å². The van der Waals surface area contributed by atoms with Gasteiger partial charge in [0.15, 0.2) is 6.73 Å². The Bertz CT molecular complexity index is 526. The number of hydrogen-bond acceptors (Lipinski definition) is 2. The van der Waals surface area contributed by atoms with Crippen LogP contribution in [0.15, 0.2) is 28.6 Å². The summed E-state index contributed by atoms with van der Waals surface area (Å²) in [5, 5.41) is 2.91. The van der Waals surface area contributed by atoms with E-state index >= 15 is 0 Å². The maximum absolute atomic E-state index is 12.1. The summed E-state index contributed by atoms with van der Waals surface area (Å²) in [5.41, 5.74) is 2.89. The minimum atomic E-state index is -0.184. The van der Waals surface area contributed by atoms with Crippen LogP contribution < -0.4 is 5.32 Å². The van der Waals surface area contributed by atoms with Crippen LogP contribution in [-0.4, -0.2) is 17.7 Å². The van der Waals surface area contributed by atoms with Crippen molar-refractivity contribution in [1.29, 1.82) is 0 Å². The molecule has 1 aliphatic rings. The van der Waals surface area contributed by atoms with Crippen LogP contribution in [0.25, 0.3) is 0 Å². The van der Waals surface area contributed by atoms with Crippen molar-refractivity contribution in [1.82, 2.24) is 4.90 Å². The van der Waals surface area contributed by atoms with Crippen LogP contribution in [0.2, 0.25) is 0 Å². The van der Waals surface area contributed by atoms with E-state index in [0.29, 0.717) is 0 Å². The Balaban J connectivity index is 2.20. The zero-order valence-corrected chi connectivity index (χ0v) is 12.2. The average Bonchev–Trinajstić information content (AvgIpc) is 2.76. The summed E-state index contributed by atoms with van der Waals surface area (Å²) in [6.07, 6.45) is 1.69. The van der Waals surface area contributed by atoms with Gasteiger partial charge in [-0.25, -0.2) is 4.79 Å². The summed E-state index contributed by atoms with van der Waals surface area (Å²) in [6.45, 7) is 6.03. The summed E-state index contributed by atoms with van der Waals surface area (Å²) in [6, 6.07) is 3.76. The van der Waals surface area contributed by atoms with Crippen LogP contribution in [0, 0.1) is 13.8 Å². The van der Waals surface area contributed by atoms with Gasteiger partial charge < -0.3 is 10.1 Å². The quantitative estimate of drug-likeness (QED) is 0.858. The zero-order valence-electron chi connectivity index (χ0n) is 10.6. The van der Waals surface area contributed by atoms with E-state index in [-0.39, 0.29) is 12.8 Å². The normalized spacial score (nSPS) is 14.2. The number of ether oxygens (including phenoxy) is 1. The molecule has 2 rings (SSSR count). The molecule has 0 spiro atoms. The predicted octanol–water partition coefficient (Wildman–Crippen LogP) is 3.75. The number of anilines is 1. The van der Waals surface area contributed by atoms with Crippen molar-refractivity contribution in [3.05, 3.63) is 39.7 Å². The Morgan fingerprint density at radius 2 is 2.11 bits per heavy atom. The minimum Gasteiger partial charge on any atom is -0.476 e. The molecule has 1 aliphatic heterocycles. The molecule has 18 heavy (non-hydrogen) atoms. The first-order valence-electron chi connectivity index (χ1n) is 5.63. The number of benzene rings is 1.